The van der Waals surface area contributed by atoms with E-state index in [0.29, 0.717) is 0 Å². The number of ether oxygens (including phenoxy) is 1. The Morgan fingerprint density at radius 3 is 2.28 bits per heavy atom. The molecule has 4 heteroatoms. The summed E-state index contributed by atoms with van der Waals surface area (Å²) in [6.45, 7) is 4.60. The fraction of sp³-hybridized carbons (Fsp3) is 0.214. The first-order chi connectivity index (χ1) is 8.57. The zero-order valence-electron chi connectivity index (χ0n) is 10.8. The molecule has 0 unspecified atom stereocenters. The van der Waals surface area contributed by atoms with E-state index in [-0.39, 0.29) is 0 Å². The molecule has 2 nitrogen and oxygen atoms in total. The van der Waals surface area contributed by atoms with Crippen LogP contribution in [-0.2, 0) is 0 Å². The van der Waals surface area contributed by atoms with Crippen molar-refractivity contribution in [3.8, 4) is 5.75 Å². The maximum Gasteiger partial charge on any atom is 0.159 e. The van der Waals surface area contributed by atoms with Crippen LogP contribution >= 0.6 is 11.3 Å². The van der Waals surface area contributed by atoms with Gasteiger partial charge in [-0.15, -0.1) is 11.3 Å². The number of carbonyl (C=O) groups is 1. The zero-order valence-corrected chi connectivity index (χ0v) is 12.6. The predicted molar refractivity (Wildman–Crippen MR) is 79.5 cm³/mol. The number of aldehydes is 1. The van der Waals surface area contributed by atoms with Gasteiger partial charge < -0.3 is 4.74 Å². The third-order valence-electron chi connectivity index (χ3n) is 3.17. The first-order valence-corrected chi connectivity index (χ1v) is 9.59. The second kappa shape index (κ2) is 5.08. The van der Waals surface area contributed by atoms with Gasteiger partial charge in [-0.2, -0.15) is 0 Å². The molecule has 0 bridgehead atoms. The normalized spacial score (nSPS) is 11.3. The first-order valence-electron chi connectivity index (χ1n) is 5.78. The molecule has 0 saturated carbocycles. The number of rotatable bonds is 4. The second-order valence-corrected chi connectivity index (χ2v) is 10.5. The molecule has 0 aliphatic heterocycles. The monoisotopic (exact) mass is 276 g/mol. The van der Waals surface area contributed by atoms with Crippen molar-refractivity contribution >= 4 is 35.4 Å². The van der Waals surface area contributed by atoms with E-state index in [1.807, 2.05) is 18.2 Å². The summed E-state index contributed by atoms with van der Waals surface area (Å²) in [5, 5.41) is 1.35. The lowest BCUT2D eigenvalue weighted by molar-refractivity contribution is 0.112. The summed E-state index contributed by atoms with van der Waals surface area (Å²) in [6.07, 6.45) is 0.923. The van der Waals surface area contributed by atoms with Gasteiger partial charge in [0.25, 0.3) is 0 Å². The summed E-state index contributed by atoms with van der Waals surface area (Å²) < 4.78 is 6.51. The minimum Gasteiger partial charge on any atom is -0.497 e. The van der Waals surface area contributed by atoms with Gasteiger partial charge in [0.1, 0.15) is 13.8 Å². The second-order valence-electron chi connectivity index (χ2n) is 4.67. The van der Waals surface area contributed by atoms with Gasteiger partial charge in [0, 0.05) is 0 Å². The van der Waals surface area contributed by atoms with E-state index in [1.54, 1.807) is 18.4 Å². The molecule has 0 atom stereocenters. The molecule has 1 aromatic carbocycles. The van der Waals surface area contributed by atoms with E-state index in [2.05, 4.69) is 31.3 Å². The van der Waals surface area contributed by atoms with E-state index >= 15 is 0 Å². The number of hydrogen-bond donors (Lipinski definition) is 0. The molecule has 1 heterocycles. The molecular weight excluding hydrogens is 260 g/mol. The summed E-state index contributed by atoms with van der Waals surface area (Å²) in [5.41, 5.74) is 0. The third kappa shape index (κ3) is 2.39. The van der Waals surface area contributed by atoms with Crippen LogP contribution < -0.4 is 14.4 Å². The zero-order chi connectivity index (χ0) is 13.2. The Balaban J connectivity index is 2.36. The summed E-state index contributed by atoms with van der Waals surface area (Å²) in [5.74, 6) is 0.878. The van der Waals surface area contributed by atoms with Gasteiger partial charge in [0.05, 0.1) is 12.0 Å². The third-order valence-corrected chi connectivity index (χ3v) is 9.01. The van der Waals surface area contributed by atoms with Gasteiger partial charge in [-0.05, 0) is 22.7 Å². The van der Waals surface area contributed by atoms with E-state index in [9.17, 15) is 4.79 Å². The Hall–Kier alpha value is -1.39. The summed E-state index contributed by atoms with van der Waals surface area (Å²) in [4.78, 5) is 11.6. The molecular formula is C14H16O2SSi. The highest BCUT2D eigenvalue weighted by atomic mass is 32.1. The Morgan fingerprint density at radius 2 is 1.78 bits per heavy atom. The maximum absolute atomic E-state index is 10.8. The molecule has 0 saturated heterocycles. The lowest BCUT2D eigenvalue weighted by Crippen LogP contribution is -2.51. The highest BCUT2D eigenvalue weighted by Crippen LogP contribution is 2.14. The smallest absolute Gasteiger partial charge is 0.159 e. The summed E-state index contributed by atoms with van der Waals surface area (Å²) >= 11 is 1.61. The van der Waals surface area contributed by atoms with Crippen molar-refractivity contribution in [2.45, 2.75) is 13.1 Å². The van der Waals surface area contributed by atoms with Crippen molar-refractivity contribution in [2.75, 3.05) is 7.11 Å². The number of benzene rings is 1. The van der Waals surface area contributed by atoms with Gasteiger partial charge >= 0.3 is 0 Å². The molecule has 0 fully saturated rings. The fourth-order valence-corrected chi connectivity index (χ4v) is 5.99. The van der Waals surface area contributed by atoms with E-state index in [0.717, 1.165) is 16.9 Å². The van der Waals surface area contributed by atoms with Crippen LogP contribution in [0.1, 0.15) is 9.67 Å². The average Bonchev–Trinajstić information content (AvgIpc) is 2.88. The van der Waals surface area contributed by atoms with Crippen LogP contribution in [0.15, 0.2) is 36.4 Å². The van der Waals surface area contributed by atoms with E-state index < -0.39 is 8.07 Å². The number of methoxy groups -OCH3 is 1. The molecule has 2 aromatic rings. The van der Waals surface area contributed by atoms with Gasteiger partial charge in [0.15, 0.2) is 6.29 Å². The first kappa shape index (κ1) is 13.0. The highest BCUT2D eigenvalue weighted by molar-refractivity contribution is 7.29. The SMILES string of the molecule is COc1ccc([Si](C)(C)c2ccc(C=O)s2)cc1. The largest absolute Gasteiger partial charge is 0.497 e. The molecule has 0 aliphatic carbocycles. The standard InChI is InChI=1S/C14H16O2SSi/c1-16-11-4-7-13(8-5-11)18(2,3)14-9-6-12(10-15)17-14/h4-10H,1-3H3. The number of carbonyl (C=O) groups excluding carboxylic acids is 1. The molecule has 0 amide bonds. The molecule has 0 spiro atoms. The van der Waals surface area contributed by atoms with Crippen LogP contribution in [0, 0.1) is 0 Å². The van der Waals surface area contributed by atoms with E-state index in [4.69, 9.17) is 4.74 Å². The lowest BCUT2D eigenvalue weighted by Gasteiger charge is -2.21. The van der Waals surface area contributed by atoms with Gasteiger partial charge in [-0.25, -0.2) is 0 Å². The Labute approximate surface area is 112 Å². The summed E-state index contributed by atoms with van der Waals surface area (Å²) in [7, 11) is -0.00875. The Kier molecular flexibility index (Phi) is 3.68. The number of thiophene rings is 1. The fourth-order valence-electron chi connectivity index (χ4n) is 1.90. The predicted octanol–water partition coefficient (Wildman–Crippen LogP) is 2.39. The molecule has 2 rings (SSSR count). The highest BCUT2D eigenvalue weighted by Gasteiger charge is 2.27. The minimum absolute atomic E-state index is 0.805. The van der Waals surface area contributed by atoms with Crippen LogP contribution in [0.4, 0.5) is 0 Å². The molecule has 0 aliphatic rings. The van der Waals surface area contributed by atoms with Crippen molar-refractivity contribution in [2.24, 2.45) is 0 Å². The van der Waals surface area contributed by atoms with Gasteiger partial charge in [0.2, 0.25) is 0 Å². The quantitative estimate of drug-likeness (QED) is 0.633. The van der Waals surface area contributed by atoms with Crippen molar-refractivity contribution in [3.05, 3.63) is 41.3 Å². The van der Waals surface area contributed by atoms with Crippen molar-refractivity contribution in [3.63, 3.8) is 0 Å². The van der Waals surface area contributed by atoms with Crippen LogP contribution in [-0.4, -0.2) is 21.5 Å². The topological polar surface area (TPSA) is 26.3 Å². The summed E-state index contributed by atoms with van der Waals surface area (Å²) in [6, 6.07) is 12.3. The number of hydrogen-bond acceptors (Lipinski definition) is 3. The Morgan fingerprint density at radius 1 is 1.11 bits per heavy atom. The molecule has 0 N–H and O–H groups in total. The Bertz CT molecular complexity index is 543. The van der Waals surface area contributed by atoms with Crippen LogP contribution in [0.25, 0.3) is 0 Å². The van der Waals surface area contributed by atoms with Crippen LogP contribution in [0.2, 0.25) is 13.1 Å². The van der Waals surface area contributed by atoms with E-state index in [1.165, 1.54) is 9.69 Å². The molecule has 0 radical (unpaired) electrons. The maximum atomic E-state index is 10.8. The van der Waals surface area contributed by atoms with Crippen molar-refractivity contribution < 1.29 is 9.53 Å². The van der Waals surface area contributed by atoms with Gasteiger partial charge in [-0.3, -0.25) is 4.79 Å². The molecule has 94 valence electrons. The van der Waals surface area contributed by atoms with Crippen LogP contribution in [0.3, 0.4) is 0 Å². The lowest BCUT2D eigenvalue weighted by atomic mass is 10.3. The van der Waals surface area contributed by atoms with Crippen molar-refractivity contribution in [1.29, 1.82) is 0 Å². The minimum atomic E-state index is -1.68. The molecule has 18 heavy (non-hydrogen) atoms. The molecule has 1 aromatic heterocycles. The van der Waals surface area contributed by atoms with Gasteiger partial charge in [-0.1, -0.05) is 36.5 Å². The van der Waals surface area contributed by atoms with Crippen LogP contribution in [0.5, 0.6) is 5.75 Å². The average molecular weight is 276 g/mol. The van der Waals surface area contributed by atoms with Crippen molar-refractivity contribution in [1.82, 2.24) is 0 Å².